The quantitative estimate of drug-likeness (QED) is 0.0421. The minimum Gasteiger partial charge on any atom is -0.394 e. The molecule has 0 aliphatic carbocycles. The molecule has 0 spiro atoms. The van der Waals surface area contributed by atoms with Gasteiger partial charge in [0, 0.05) is 6.42 Å². The Balaban J connectivity index is 3.57. The van der Waals surface area contributed by atoms with E-state index in [-0.39, 0.29) is 12.5 Å². The topological polar surface area (TPSA) is 69.6 Å². The minimum absolute atomic E-state index is 0.0773. The van der Waals surface area contributed by atoms with Crippen LogP contribution in [0.3, 0.4) is 0 Å². The molecule has 63 heavy (non-hydrogen) atoms. The van der Waals surface area contributed by atoms with Gasteiger partial charge in [0.1, 0.15) is 0 Å². The van der Waals surface area contributed by atoms with Gasteiger partial charge in [-0.25, -0.2) is 0 Å². The molecule has 0 rings (SSSR count). The first-order valence-electron chi connectivity index (χ1n) is 28.0. The van der Waals surface area contributed by atoms with Crippen LogP contribution in [0.25, 0.3) is 0 Å². The summed E-state index contributed by atoms with van der Waals surface area (Å²) in [6.45, 7) is 4.31. The van der Waals surface area contributed by atoms with Gasteiger partial charge in [-0.05, 0) is 77.0 Å². The van der Waals surface area contributed by atoms with Gasteiger partial charge in [-0.1, -0.05) is 267 Å². The lowest BCUT2D eigenvalue weighted by Crippen LogP contribution is -2.45. The third-order valence-corrected chi connectivity index (χ3v) is 12.7. The van der Waals surface area contributed by atoms with E-state index < -0.39 is 12.1 Å². The van der Waals surface area contributed by atoms with Gasteiger partial charge in [0.05, 0.1) is 18.8 Å². The Kier molecular flexibility index (Phi) is 52.8. The summed E-state index contributed by atoms with van der Waals surface area (Å²) in [5, 5.41) is 23.1. The molecule has 0 fully saturated rings. The molecule has 0 saturated heterocycles. The number of aliphatic hydroxyl groups is 2. The second-order valence-electron chi connectivity index (χ2n) is 19.0. The van der Waals surface area contributed by atoms with E-state index in [1.807, 2.05) is 6.08 Å². The highest BCUT2D eigenvalue weighted by Crippen LogP contribution is 2.16. The lowest BCUT2D eigenvalue weighted by molar-refractivity contribution is -0.123. The van der Waals surface area contributed by atoms with Crippen molar-refractivity contribution in [3.8, 4) is 0 Å². The highest BCUT2D eigenvalue weighted by Gasteiger charge is 2.18. The number of nitrogens with one attached hydrogen (secondary N) is 1. The molecule has 0 aromatic rings. The minimum atomic E-state index is -0.873. The first kappa shape index (κ1) is 61.1. The van der Waals surface area contributed by atoms with E-state index in [1.165, 1.54) is 225 Å². The molecule has 0 heterocycles. The van der Waals surface area contributed by atoms with Gasteiger partial charge in [0.2, 0.25) is 5.91 Å². The van der Waals surface area contributed by atoms with Crippen molar-refractivity contribution in [2.75, 3.05) is 6.61 Å². The maximum atomic E-state index is 12.5. The van der Waals surface area contributed by atoms with Crippen molar-refractivity contribution >= 4 is 5.91 Å². The van der Waals surface area contributed by atoms with E-state index >= 15 is 0 Å². The Labute approximate surface area is 394 Å². The Bertz CT molecular complexity index is 1040. The van der Waals surface area contributed by atoms with Gasteiger partial charge in [-0.3, -0.25) is 4.79 Å². The van der Waals surface area contributed by atoms with Crippen LogP contribution < -0.4 is 5.32 Å². The predicted octanol–water partition coefficient (Wildman–Crippen LogP) is 18.4. The fourth-order valence-corrected chi connectivity index (χ4v) is 8.42. The summed E-state index contributed by atoms with van der Waals surface area (Å²) >= 11 is 0. The van der Waals surface area contributed by atoms with Crippen LogP contribution in [0.4, 0.5) is 0 Å². The van der Waals surface area contributed by atoms with Gasteiger partial charge in [-0.2, -0.15) is 0 Å². The van der Waals surface area contributed by atoms with Crippen LogP contribution in [0, 0.1) is 0 Å². The van der Waals surface area contributed by atoms with Crippen LogP contribution in [0.1, 0.15) is 290 Å². The molecule has 4 heteroatoms. The summed E-state index contributed by atoms with van der Waals surface area (Å²) < 4.78 is 0. The zero-order chi connectivity index (χ0) is 45.6. The maximum Gasteiger partial charge on any atom is 0.220 e. The van der Waals surface area contributed by atoms with E-state index in [9.17, 15) is 15.0 Å². The fourth-order valence-electron chi connectivity index (χ4n) is 8.42. The Morgan fingerprint density at radius 3 is 1.02 bits per heavy atom. The van der Waals surface area contributed by atoms with Crippen LogP contribution >= 0.6 is 0 Å². The predicted molar refractivity (Wildman–Crippen MR) is 281 cm³/mol. The van der Waals surface area contributed by atoms with Crippen molar-refractivity contribution in [3.63, 3.8) is 0 Å². The monoisotopic (exact) mass is 880 g/mol. The van der Waals surface area contributed by atoms with Crippen molar-refractivity contribution in [1.29, 1.82) is 0 Å². The molecule has 0 aromatic carbocycles. The molecule has 2 unspecified atom stereocenters. The standard InChI is InChI=1S/C59H109NO3/c1-3-5-7-9-11-13-15-17-19-21-23-25-27-29-31-32-34-36-38-40-42-44-46-48-50-52-54-58(62)57(56-61)60-59(63)55-53-51-49-47-45-43-41-39-37-35-33-30-28-26-24-22-20-18-16-14-12-10-8-6-4-2/h16,18,22,24,36,38,44,46,52,54,57-58,61-62H,3-15,17,19-21,23,25-35,37,39-43,45,47-51,53,55-56H2,1-2H3,(H,60,63)/b18-16-,24-22-,38-36+,46-44+,54-52+. The molecule has 368 valence electrons. The highest BCUT2D eigenvalue weighted by atomic mass is 16.3. The summed E-state index contributed by atoms with van der Waals surface area (Å²) in [5.41, 5.74) is 0. The molecule has 0 radical (unpaired) electrons. The van der Waals surface area contributed by atoms with Crippen molar-refractivity contribution in [3.05, 3.63) is 60.8 Å². The highest BCUT2D eigenvalue weighted by molar-refractivity contribution is 5.76. The first-order chi connectivity index (χ1) is 31.2. The van der Waals surface area contributed by atoms with Crippen LogP contribution in [0.2, 0.25) is 0 Å². The maximum absolute atomic E-state index is 12.5. The molecule has 1 amide bonds. The summed E-state index contributed by atoms with van der Waals surface area (Å²) in [4.78, 5) is 12.5. The molecule has 0 saturated carbocycles. The summed E-state index contributed by atoms with van der Waals surface area (Å²) in [6, 6.07) is -0.649. The molecule has 0 aliphatic heterocycles. The smallest absolute Gasteiger partial charge is 0.220 e. The molecular weight excluding hydrogens is 771 g/mol. The fraction of sp³-hybridized carbons (Fsp3) is 0.814. The number of carbonyl (C=O) groups is 1. The number of allylic oxidation sites excluding steroid dienone is 9. The average Bonchev–Trinajstić information content (AvgIpc) is 3.29. The molecule has 2 atom stereocenters. The Morgan fingerprint density at radius 1 is 0.381 bits per heavy atom. The van der Waals surface area contributed by atoms with E-state index in [1.54, 1.807) is 6.08 Å². The molecule has 4 nitrogen and oxygen atoms in total. The number of amides is 1. The number of aliphatic hydroxyl groups excluding tert-OH is 2. The average molecular weight is 881 g/mol. The van der Waals surface area contributed by atoms with E-state index in [0.717, 1.165) is 44.9 Å². The van der Waals surface area contributed by atoms with Crippen LogP contribution in [-0.2, 0) is 4.79 Å². The van der Waals surface area contributed by atoms with Gasteiger partial charge in [0.25, 0.3) is 0 Å². The zero-order valence-corrected chi connectivity index (χ0v) is 42.3. The zero-order valence-electron chi connectivity index (χ0n) is 42.3. The Morgan fingerprint density at radius 2 is 0.667 bits per heavy atom. The van der Waals surface area contributed by atoms with Gasteiger partial charge in [-0.15, -0.1) is 0 Å². The Hall–Kier alpha value is -1.91. The third-order valence-electron chi connectivity index (χ3n) is 12.7. The molecule has 3 N–H and O–H groups in total. The van der Waals surface area contributed by atoms with E-state index in [0.29, 0.717) is 6.42 Å². The van der Waals surface area contributed by atoms with Gasteiger partial charge >= 0.3 is 0 Å². The van der Waals surface area contributed by atoms with Gasteiger partial charge in [0.15, 0.2) is 0 Å². The van der Waals surface area contributed by atoms with E-state index in [2.05, 4.69) is 67.8 Å². The second kappa shape index (κ2) is 54.4. The normalized spacial score (nSPS) is 13.3. The SMILES string of the molecule is CCCCCCC/C=C\C/C=C\CCCCCCCCCCCCCCCC(=O)NC(CO)C(O)/C=C/CC/C=C/CC/C=C/CCCCCCCCCCCCCCCCCC. The van der Waals surface area contributed by atoms with Crippen LogP contribution in [0.5, 0.6) is 0 Å². The largest absolute Gasteiger partial charge is 0.394 e. The molecular formula is C59H109NO3. The molecule has 0 aliphatic rings. The number of carbonyl (C=O) groups excluding carboxylic acids is 1. The van der Waals surface area contributed by atoms with Crippen molar-refractivity contribution in [1.82, 2.24) is 5.32 Å². The second-order valence-corrected chi connectivity index (χ2v) is 19.0. The third kappa shape index (κ3) is 50.9. The number of hydrogen-bond acceptors (Lipinski definition) is 3. The van der Waals surface area contributed by atoms with E-state index in [4.69, 9.17) is 0 Å². The lowest BCUT2D eigenvalue weighted by atomic mass is 10.0. The summed E-state index contributed by atoms with van der Waals surface area (Å²) in [5.74, 6) is -0.0773. The summed E-state index contributed by atoms with van der Waals surface area (Å²) in [7, 11) is 0. The van der Waals surface area contributed by atoms with Crippen LogP contribution in [-0.4, -0.2) is 34.9 Å². The van der Waals surface area contributed by atoms with Crippen molar-refractivity contribution < 1.29 is 15.0 Å². The first-order valence-corrected chi connectivity index (χ1v) is 28.0. The van der Waals surface area contributed by atoms with Gasteiger partial charge < -0.3 is 15.5 Å². The van der Waals surface area contributed by atoms with Crippen LogP contribution in [0.15, 0.2) is 60.8 Å². The number of unbranched alkanes of at least 4 members (excludes halogenated alkanes) is 36. The molecule has 0 aromatic heterocycles. The molecule has 0 bridgehead atoms. The number of hydrogen-bond donors (Lipinski definition) is 3. The lowest BCUT2D eigenvalue weighted by Gasteiger charge is -2.19. The summed E-state index contributed by atoms with van der Waals surface area (Å²) in [6.07, 6.45) is 76.7. The number of rotatable bonds is 51. The van der Waals surface area contributed by atoms with Crippen molar-refractivity contribution in [2.24, 2.45) is 0 Å². The van der Waals surface area contributed by atoms with Crippen molar-refractivity contribution in [2.45, 2.75) is 302 Å².